The summed E-state index contributed by atoms with van der Waals surface area (Å²) in [5, 5.41) is 2.26. The van der Waals surface area contributed by atoms with Crippen LogP contribution < -0.4 is 0 Å². The maximum atomic E-state index is 6.15. The first kappa shape index (κ1) is 16.3. The first-order valence-electron chi connectivity index (χ1n) is 9.77. The number of nitrogens with zero attached hydrogens (tertiary/aromatic N) is 3. The van der Waals surface area contributed by atoms with Crippen LogP contribution in [0.1, 0.15) is 0 Å². The molecule has 0 aliphatic rings. The number of benzene rings is 4. The van der Waals surface area contributed by atoms with Crippen molar-refractivity contribution in [3.8, 4) is 5.69 Å². The van der Waals surface area contributed by atoms with E-state index in [2.05, 4.69) is 85.6 Å². The normalized spacial score (nSPS) is 12.2. The smallest absolute Gasteiger partial charge is 0.220 e. The fraction of sp³-hybridized carbons (Fsp3) is 0. The third-order valence-corrected chi connectivity index (χ3v) is 6.43. The van der Waals surface area contributed by atoms with Gasteiger partial charge in [-0.25, -0.2) is 4.98 Å². The number of rotatable bonds is 1. The Morgan fingerprint density at radius 1 is 0.733 bits per heavy atom. The Balaban J connectivity index is 1.63. The maximum absolute atomic E-state index is 6.15. The van der Waals surface area contributed by atoms with Crippen molar-refractivity contribution in [3.05, 3.63) is 89.4 Å². The third kappa shape index (κ3) is 2.02. The van der Waals surface area contributed by atoms with E-state index in [1.165, 1.54) is 0 Å². The van der Waals surface area contributed by atoms with E-state index in [-0.39, 0.29) is 0 Å². The molecule has 142 valence electrons. The average Bonchev–Trinajstić information content (AvgIpc) is 3.41. The molecule has 0 unspecified atom stereocenters. The van der Waals surface area contributed by atoms with E-state index in [0.29, 0.717) is 0 Å². The second kappa shape index (κ2) is 5.74. The van der Waals surface area contributed by atoms with Gasteiger partial charge in [0, 0.05) is 21.3 Å². The van der Waals surface area contributed by atoms with Crippen molar-refractivity contribution >= 4 is 65.7 Å². The van der Waals surface area contributed by atoms with Crippen molar-refractivity contribution in [1.29, 1.82) is 0 Å². The fourth-order valence-corrected chi connectivity index (χ4v) is 5.04. The number of aromatic nitrogens is 3. The van der Waals surface area contributed by atoms with Crippen LogP contribution in [0.25, 0.3) is 55.5 Å². The SMILES string of the molecule is Brc1cccc2nc3n(-c4ccc5c(c4)oc4ccccc45)c4ccccc4n3c12. The lowest BCUT2D eigenvalue weighted by atomic mass is 10.1. The van der Waals surface area contributed by atoms with E-state index in [9.17, 15) is 0 Å². The predicted octanol–water partition coefficient (Wildman–Crippen LogP) is 7.09. The van der Waals surface area contributed by atoms with Crippen molar-refractivity contribution < 1.29 is 4.42 Å². The van der Waals surface area contributed by atoms with Crippen molar-refractivity contribution in [2.45, 2.75) is 0 Å². The molecule has 30 heavy (non-hydrogen) atoms. The molecule has 0 atom stereocenters. The average molecular weight is 452 g/mol. The molecule has 0 saturated heterocycles. The lowest BCUT2D eigenvalue weighted by Gasteiger charge is -2.05. The van der Waals surface area contributed by atoms with Gasteiger partial charge in [0.25, 0.3) is 0 Å². The van der Waals surface area contributed by atoms with Crippen molar-refractivity contribution in [2.24, 2.45) is 0 Å². The van der Waals surface area contributed by atoms with Crippen molar-refractivity contribution in [3.63, 3.8) is 0 Å². The number of halogens is 1. The number of fused-ring (bicyclic) bond motifs is 8. The summed E-state index contributed by atoms with van der Waals surface area (Å²) in [7, 11) is 0. The Morgan fingerprint density at radius 3 is 2.47 bits per heavy atom. The quantitative estimate of drug-likeness (QED) is 0.267. The zero-order valence-corrected chi connectivity index (χ0v) is 17.3. The van der Waals surface area contributed by atoms with E-state index < -0.39 is 0 Å². The van der Waals surface area contributed by atoms with Crippen LogP contribution in [0.15, 0.2) is 93.8 Å². The minimum Gasteiger partial charge on any atom is -0.456 e. The van der Waals surface area contributed by atoms with Gasteiger partial charge in [-0.2, -0.15) is 0 Å². The Kier molecular flexibility index (Phi) is 3.11. The second-order valence-electron chi connectivity index (χ2n) is 7.46. The van der Waals surface area contributed by atoms with Crippen molar-refractivity contribution in [1.82, 2.24) is 14.0 Å². The van der Waals surface area contributed by atoms with E-state index in [1.54, 1.807) is 0 Å². The first-order chi connectivity index (χ1) is 14.8. The van der Waals surface area contributed by atoms with Gasteiger partial charge < -0.3 is 4.42 Å². The molecule has 0 bridgehead atoms. The van der Waals surface area contributed by atoms with Crippen LogP contribution >= 0.6 is 15.9 Å². The highest BCUT2D eigenvalue weighted by molar-refractivity contribution is 9.10. The number of imidazole rings is 2. The monoisotopic (exact) mass is 451 g/mol. The summed E-state index contributed by atoms with van der Waals surface area (Å²) in [6.07, 6.45) is 0. The van der Waals surface area contributed by atoms with Crippen molar-refractivity contribution in [2.75, 3.05) is 0 Å². The molecule has 7 rings (SSSR count). The van der Waals surface area contributed by atoms with Gasteiger partial charge in [-0.1, -0.05) is 36.4 Å². The first-order valence-corrected chi connectivity index (χ1v) is 10.6. The van der Waals surface area contributed by atoms with E-state index in [4.69, 9.17) is 9.40 Å². The Morgan fingerprint density at radius 2 is 1.53 bits per heavy atom. The summed E-state index contributed by atoms with van der Waals surface area (Å²) >= 11 is 3.72. The summed E-state index contributed by atoms with van der Waals surface area (Å²) < 4.78 is 11.6. The van der Waals surface area contributed by atoms with E-state index in [1.807, 2.05) is 24.3 Å². The zero-order valence-electron chi connectivity index (χ0n) is 15.7. The highest BCUT2D eigenvalue weighted by Crippen LogP contribution is 2.35. The van der Waals surface area contributed by atoms with Gasteiger partial charge in [0.05, 0.1) is 27.8 Å². The number of hydrogen-bond donors (Lipinski definition) is 0. The maximum Gasteiger partial charge on any atom is 0.220 e. The highest BCUT2D eigenvalue weighted by Gasteiger charge is 2.19. The standard InChI is InChI=1S/C25H14BrN3O/c26-18-7-5-8-19-24(18)29-21-10-3-2-9-20(21)28(25(29)27-19)15-12-13-17-16-6-1-4-11-22(16)30-23(17)14-15/h1-14H. The fourth-order valence-electron chi connectivity index (χ4n) is 4.51. The molecule has 0 N–H and O–H groups in total. The third-order valence-electron chi connectivity index (χ3n) is 5.79. The lowest BCUT2D eigenvalue weighted by Crippen LogP contribution is -1.94. The molecule has 3 heterocycles. The molecule has 4 nitrogen and oxygen atoms in total. The van der Waals surface area contributed by atoms with Gasteiger partial charge in [-0.05, 0) is 58.4 Å². The zero-order chi connectivity index (χ0) is 19.8. The summed E-state index contributed by atoms with van der Waals surface area (Å²) in [6, 6.07) is 29.1. The van der Waals surface area contributed by atoms with Gasteiger partial charge in [-0.3, -0.25) is 8.97 Å². The van der Waals surface area contributed by atoms with Gasteiger partial charge in [0.1, 0.15) is 11.2 Å². The number of para-hydroxylation sites is 4. The van der Waals surface area contributed by atoms with Crippen LogP contribution in [0.5, 0.6) is 0 Å². The predicted molar refractivity (Wildman–Crippen MR) is 125 cm³/mol. The summed E-state index contributed by atoms with van der Waals surface area (Å²) in [4.78, 5) is 4.98. The van der Waals surface area contributed by atoms with Crippen LogP contribution in [0, 0.1) is 0 Å². The molecule has 7 aromatic rings. The van der Waals surface area contributed by atoms with Crippen LogP contribution in [0.2, 0.25) is 0 Å². The topological polar surface area (TPSA) is 35.4 Å². The Hall–Kier alpha value is -3.57. The molecular formula is C25H14BrN3O. The Labute approximate surface area is 179 Å². The van der Waals surface area contributed by atoms with Crippen LogP contribution in [0.4, 0.5) is 0 Å². The molecule has 3 aromatic heterocycles. The molecule has 0 amide bonds. The summed E-state index contributed by atoms with van der Waals surface area (Å²) in [6.45, 7) is 0. The molecule has 5 heteroatoms. The summed E-state index contributed by atoms with van der Waals surface area (Å²) in [5.74, 6) is 0.883. The molecule has 4 aromatic carbocycles. The molecule has 0 aliphatic carbocycles. The molecule has 0 aliphatic heterocycles. The van der Waals surface area contributed by atoms with Gasteiger partial charge >= 0.3 is 0 Å². The minimum atomic E-state index is 0.877. The van der Waals surface area contributed by atoms with E-state index in [0.717, 1.165) is 59.9 Å². The summed E-state index contributed by atoms with van der Waals surface area (Å²) in [5.41, 5.74) is 7.07. The van der Waals surface area contributed by atoms with Crippen LogP contribution in [-0.4, -0.2) is 14.0 Å². The minimum absolute atomic E-state index is 0.877. The molecule has 0 saturated carbocycles. The largest absolute Gasteiger partial charge is 0.456 e. The van der Waals surface area contributed by atoms with E-state index >= 15 is 0 Å². The van der Waals surface area contributed by atoms with Crippen LogP contribution in [-0.2, 0) is 0 Å². The molecule has 0 fully saturated rings. The van der Waals surface area contributed by atoms with Gasteiger partial charge in [0.15, 0.2) is 0 Å². The second-order valence-corrected chi connectivity index (χ2v) is 8.31. The number of furan rings is 1. The molecule has 0 spiro atoms. The van der Waals surface area contributed by atoms with Gasteiger partial charge in [0.2, 0.25) is 5.78 Å². The molecular weight excluding hydrogens is 438 g/mol. The Bertz CT molecular complexity index is 1770. The lowest BCUT2D eigenvalue weighted by molar-refractivity contribution is 0.668. The van der Waals surface area contributed by atoms with Gasteiger partial charge in [-0.15, -0.1) is 0 Å². The molecule has 0 radical (unpaired) electrons. The highest BCUT2D eigenvalue weighted by atomic mass is 79.9. The van der Waals surface area contributed by atoms with Crippen LogP contribution in [0.3, 0.4) is 0 Å². The number of hydrogen-bond acceptors (Lipinski definition) is 2.